The van der Waals surface area contributed by atoms with Crippen LogP contribution in [0.2, 0.25) is 0 Å². The van der Waals surface area contributed by atoms with Gasteiger partial charge in [0, 0.05) is 18.0 Å². The molecule has 3 nitrogen and oxygen atoms in total. The molecular formula is C13H21N3. The van der Waals surface area contributed by atoms with Gasteiger partial charge >= 0.3 is 0 Å². The van der Waals surface area contributed by atoms with Crippen LogP contribution >= 0.6 is 0 Å². The van der Waals surface area contributed by atoms with E-state index in [1.54, 1.807) is 0 Å². The summed E-state index contributed by atoms with van der Waals surface area (Å²) in [5.74, 6) is 3.17. The first-order valence-corrected chi connectivity index (χ1v) is 6.25. The highest BCUT2D eigenvalue weighted by atomic mass is 15.0. The van der Waals surface area contributed by atoms with Crippen LogP contribution in [0.3, 0.4) is 0 Å². The Labute approximate surface area is 97.7 Å². The molecule has 1 aliphatic rings. The van der Waals surface area contributed by atoms with Crippen molar-refractivity contribution in [2.24, 2.45) is 0 Å². The van der Waals surface area contributed by atoms with Crippen LogP contribution in [0.1, 0.15) is 62.5 Å². The minimum Gasteiger partial charge on any atom is -0.370 e. The lowest BCUT2D eigenvalue weighted by Crippen LogP contribution is -2.10. The first kappa shape index (κ1) is 11.4. The average molecular weight is 219 g/mol. The van der Waals surface area contributed by atoms with Crippen LogP contribution < -0.4 is 5.32 Å². The van der Waals surface area contributed by atoms with Crippen molar-refractivity contribution in [2.45, 2.75) is 52.4 Å². The van der Waals surface area contributed by atoms with Crippen LogP contribution in [0.25, 0.3) is 0 Å². The van der Waals surface area contributed by atoms with Crippen molar-refractivity contribution in [1.82, 2.24) is 9.97 Å². The zero-order chi connectivity index (χ0) is 11.7. The first-order chi connectivity index (χ1) is 7.63. The molecule has 16 heavy (non-hydrogen) atoms. The van der Waals surface area contributed by atoms with E-state index in [4.69, 9.17) is 4.98 Å². The Morgan fingerprint density at radius 3 is 2.50 bits per heavy atom. The third-order valence-electron chi connectivity index (χ3n) is 3.03. The van der Waals surface area contributed by atoms with E-state index in [2.05, 4.69) is 38.0 Å². The third-order valence-corrected chi connectivity index (χ3v) is 3.03. The highest BCUT2D eigenvalue weighted by Gasteiger charge is 2.28. The number of hydrogen-bond donors (Lipinski definition) is 1. The molecule has 1 aliphatic carbocycles. The molecule has 0 aromatic carbocycles. The van der Waals surface area contributed by atoms with Gasteiger partial charge < -0.3 is 5.32 Å². The zero-order valence-electron chi connectivity index (χ0n) is 10.7. The summed E-state index contributed by atoms with van der Waals surface area (Å²) in [6.45, 7) is 9.53. The van der Waals surface area contributed by atoms with Gasteiger partial charge in [0.2, 0.25) is 0 Å². The average Bonchev–Trinajstić information content (AvgIpc) is 3.04. The highest BCUT2D eigenvalue weighted by Crippen LogP contribution is 2.39. The van der Waals surface area contributed by atoms with Gasteiger partial charge in [0.15, 0.2) is 0 Å². The largest absolute Gasteiger partial charge is 0.370 e. The van der Waals surface area contributed by atoms with E-state index in [9.17, 15) is 0 Å². The van der Waals surface area contributed by atoms with Crippen LogP contribution in [-0.2, 0) is 0 Å². The molecule has 0 atom stereocenters. The maximum atomic E-state index is 4.73. The minimum atomic E-state index is 0.470. The lowest BCUT2D eigenvalue weighted by molar-refractivity contribution is 0.772. The van der Waals surface area contributed by atoms with E-state index in [-0.39, 0.29) is 0 Å². The van der Waals surface area contributed by atoms with E-state index in [0.29, 0.717) is 11.8 Å². The fourth-order valence-electron chi connectivity index (χ4n) is 1.98. The van der Waals surface area contributed by atoms with Crippen LogP contribution in [0.5, 0.6) is 0 Å². The van der Waals surface area contributed by atoms with E-state index in [1.165, 1.54) is 24.1 Å². The number of aromatic nitrogens is 2. The summed E-state index contributed by atoms with van der Waals surface area (Å²) >= 11 is 0. The Bertz CT molecular complexity index is 381. The van der Waals surface area contributed by atoms with Gasteiger partial charge in [-0.15, -0.1) is 0 Å². The molecule has 2 rings (SSSR count). The molecule has 0 saturated heterocycles. The number of rotatable bonds is 4. The molecule has 1 fully saturated rings. The Morgan fingerprint density at radius 1 is 1.31 bits per heavy atom. The second kappa shape index (κ2) is 4.40. The molecule has 0 unspecified atom stereocenters. The summed E-state index contributed by atoms with van der Waals surface area (Å²) < 4.78 is 0. The Hall–Kier alpha value is -1.12. The molecule has 0 aliphatic heterocycles. The summed E-state index contributed by atoms with van der Waals surface area (Å²) in [6, 6.07) is 0. The molecule has 88 valence electrons. The summed E-state index contributed by atoms with van der Waals surface area (Å²) in [5, 5.41) is 3.34. The second-order valence-corrected chi connectivity index (χ2v) is 4.90. The Morgan fingerprint density at radius 2 is 2.00 bits per heavy atom. The second-order valence-electron chi connectivity index (χ2n) is 4.90. The van der Waals surface area contributed by atoms with Crippen molar-refractivity contribution >= 4 is 5.82 Å². The van der Waals surface area contributed by atoms with Crippen molar-refractivity contribution in [3.8, 4) is 0 Å². The number of hydrogen-bond acceptors (Lipinski definition) is 3. The molecule has 0 spiro atoms. The van der Waals surface area contributed by atoms with Gasteiger partial charge in [-0.05, 0) is 32.6 Å². The standard InChI is InChI=1S/C13H21N3/c1-5-14-12-9(4)11(8(2)3)15-13(16-12)10-6-7-10/h8,10H,5-7H2,1-4H3,(H,14,15,16). The molecule has 0 radical (unpaired) electrons. The summed E-state index contributed by atoms with van der Waals surface area (Å²) in [6.07, 6.45) is 2.51. The molecule has 0 bridgehead atoms. The molecule has 1 aromatic heterocycles. The fourth-order valence-corrected chi connectivity index (χ4v) is 1.98. The lowest BCUT2D eigenvalue weighted by Gasteiger charge is -2.15. The minimum absolute atomic E-state index is 0.470. The van der Waals surface area contributed by atoms with E-state index >= 15 is 0 Å². The van der Waals surface area contributed by atoms with Crippen LogP contribution in [0.15, 0.2) is 0 Å². The molecule has 1 N–H and O–H groups in total. The molecule has 1 heterocycles. The van der Waals surface area contributed by atoms with E-state index < -0.39 is 0 Å². The molecular weight excluding hydrogens is 198 g/mol. The smallest absolute Gasteiger partial charge is 0.134 e. The van der Waals surface area contributed by atoms with Crippen molar-refractivity contribution < 1.29 is 0 Å². The van der Waals surface area contributed by atoms with E-state index in [1.807, 2.05) is 0 Å². The topological polar surface area (TPSA) is 37.8 Å². The maximum Gasteiger partial charge on any atom is 0.134 e. The summed E-state index contributed by atoms with van der Waals surface area (Å²) in [5.41, 5.74) is 2.41. The fraction of sp³-hybridized carbons (Fsp3) is 0.692. The maximum absolute atomic E-state index is 4.73. The normalized spacial score (nSPS) is 15.6. The molecule has 3 heteroatoms. The Kier molecular flexibility index (Phi) is 3.13. The molecule has 1 saturated carbocycles. The van der Waals surface area contributed by atoms with Crippen LogP contribution in [0, 0.1) is 6.92 Å². The Balaban J connectivity index is 2.42. The quantitative estimate of drug-likeness (QED) is 0.845. The van der Waals surface area contributed by atoms with Gasteiger partial charge in [-0.25, -0.2) is 9.97 Å². The van der Waals surface area contributed by atoms with Crippen LogP contribution in [0.4, 0.5) is 5.82 Å². The monoisotopic (exact) mass is 219 g/mol. The number of anilines is 1. The van der Waals surface area contributed by atoms with Crippen LogP contribution in [-0.4, -0.2) is 16.5 Å². The lowest BCUT2D eigenvalue weighted by atomic mass is 10.0. The van der Waals surface area contributed by atoms with Gasteiger partial charge in [-0.3, -0.25) is 0 Å². The van der Waals surface area contributed by atoms with E-state index in [0.717, 1.165) is 18.2 Å². The third kappa shape index (κ3) is 2.18. The molecule has 0 amide bonds. The number of nitrogens with one attached hydrogen (secondary N) is 1. The van der Waals surface area contributed by atoms with Crippen molar-refractivity contribution in [3.63, 3.8) is 0 Å². The number of nitrogens with zero attached hydrogens (tertiary/aromatic N) is 2. The summed E-state index contributed by atoms with van der Waals surface area (Å²) in [7, 11) is 0. The van der Waals surface area contributed by atoms with Crippen molar-refractivity contribution in [1.29, 1.82) is 0 Å². The van der Waals surface area contributed by atoms with Gasteiger partial charge in [-0.2, -0.15) is 0 Å². The van der Waals surface area contributed by atoms with Gasteiger partial charge in [-0.1, -0.05) is 13.8 Å². The summed E-state index contributed by atoms with van der Waals surface area (Å²) in [4.78, 5) is 9.37. The van der Waals surface area contributed by atoms with Gasteiger partial charge in [0.1, 0.15) is 11.6 Å². The van der Waals surface area contributed by atoms with Crippen molar-refractivity contribution in [3.05, 3.63) is 17.1 Å². The zero-order valence-corrected chi connectivity index (χ0v) is 10.7. The van der Waals surface area contributed by atoms with Gasteiger partial charge in [0.05, 0.1) is 5.69 Å². The first-order valence-electron chi connectivity index (χ1n) is 6.25. The predicted molar refractivity (Wildman–Crippen MR) is 67.0 cm³/mol. The van der Waals surface area contributed by atoms with Gasteiger partial charge in [0.25, 0.3) is 0 Å². The SMILES string of the molecule is CCNc1nc(C2CC2)nc(C(C)C)c1C. The molecule has 1 aromatic rings. The highest BCUT2D eigenvalue weighted by molar-refractivity contribution is 5.47. The predicted octanol–water partition coefficient (Wildman–Crippen LogP) is 3.22. The van der Waals surface area contributed by atoms with Crippen molar-refractivity contribution in [2.75, 3.05) is 11.9 Å².